The summed E-state index contributed by atoms with van der Waals surface area (Å²) in [6, 6.07) is 7.32. The molecule has 2 aromatic carbocycles. The van der Waals surface area contributed by atoms with Crippen LogP contribution in [0.4, 0.5) is 8.78 Å². The summed E-state index contributed by atoms with van der Waals surface area (Å²) in [7, 11) is 3.06. The first-order valence-corrected chi connectivity index (χ1v) is 7.21. The summed E-state index contributed by atoms with van der Waals surface area (Å²) in [5, 5.41) is 0. The molecule has 2 rings (SSSR count). The lowest BCUT2D eigenvalue weighted by molar-refractivity contribution is 0.354. The minimum absolute atomic E-state index is 0.0205. The van der Waals surface area contributed by atoms with Crippen LogP contribution in [-0.2, 0) is 0 Å². The molecule has 0 N–H and O–H groups in total. The zero-order valence-corrected chi connectivity index (χ0v) is 13.5. The Bertz CT molecular complexity index is 639. The van der Waals surface area contributed by atoms with Gasteiger partial charge in [-0.1, -0.05) is 22.0 Å². The van der Waals surface area contributed by atoms with Crippen molar-refractivity contribution in [1.29, 1.82) is 0 Å². The van der Waals surface area contributed by atoms with Gasteiger partial charge < -0.3 is 9.47 Å². The third-order valence-electron chi connectivity index (χ3n) is 3.30. The molecule has 0 radical (unpaired) electrons. The number of ether oxygens (including phenoxy) is 2. The Kier molecular flexibility index (Phi) is 4.83. The fraction of sp³-hybridized carbons (Fsp3) is 0.250. The molecular weight excluding hydrogens is 342 g/mol. The van der Waals surface area contributed by atoms with Gasteiger partial charge in [0.2, 0.25) is 0 Å². The number of rotatable bonds is 4. The Morgan fingerprint density at radius 3 is 2.05 bits per heavy atom. The standard InChI is InChI=1S/C16H15BrF2O2/c1-9-7-13(20-2)14(21-3)8-10(9)16(17)15-11(18)5-4-6-12(15)19/h4-8,16H,1-3H3. The summed E-state index contributed by atoms with van der Waals surface area (Å²) in [4.78, 5) is -0.612. The number of hydrogen-bond acceptors (Lipinski definition) is 2. The van der Waals surface area contributed by atoms with Gasteiger partial charge in [0.25, 0.3) is 0 Å². The smallest absolute Gasteiger partial charge is 0.161 e. The maximum absolute atomic E-state index is 13.9. The molecule has 0 aromatic heterocycles. The first-order chi connectivity index (χ1) is 9.99. The molecule has 0 saturated carbocycles. The normalized spacial score (nSPS) is 12.1. The molecule has 112 valence electrons. The maximum Gasteiger partial charge on any atom is 0.161 e. The van der Waals surface area contributed by atoms with Crippen LogP contribution in [0.15, 0.2) is 30.3 Å². The molecule has 0 amide bonds. The number of benzene rings is 2. The summed E-state index contributed by atoms with van der Waals surface area (Å²) >= 11 is 3.38. The van der Waals surface area contributed by atoms with Crippen molar-refractivity contribution in [2.24, 2.45) is 0 Å². The van der Waals surface area contributed by atoms with Crippen molar-refractivity contribution < 1.29 is 18.3 Å². The van der Waals surface area contributed by atoms with Gasteiger partial charge >= 0.3 is 0 Å². The van der Waals surface area contributed by atoms with Crippen LogP contribution in [0.25, 0.3) is 0 Å². The van der Waals surface area contributed by atoms with Crippen molar-refractivity contribution in [1.82, 2.24) is 0 Å². The zero-order valence-electron chi connectivity index (χ0n) is 11.9. The van der Waals surface area contributed by atoms with E-state index in [0.29, 0.717) is 11.5 Å². The van der Waals surface area contributed by atoms with Crippen molar-refractivity contribution in [3.05, 3.63) is 58.7 Å². The highest BCUT2D eigenvalue weighted by Gasteiger charge is 2.22. The van der Waals surface area contributed by atoms with Crippen LogP contribution in [0.3, 0.4) is 0 Å². The van der Waals surface area contributed by atoms with Crippen LogP contribution in [0.1, 0.15) is 21.5 Å². The molecular formula is C16H15BrF2O2. The molecule has 0 aliphatic rings. The summed E-state index contributed by atoms with van der Waals surface area (Å²) in [6.07, 6.45) is 0. The quantitative estimate of drug-likeness (QED) is 0.734. The van der Waals surface area contributed by atoms with Crippen LogP contribution < -0.4 is 9.47 Å². The Labute approximate surface area is 130 Å². The average molecular weight is 357 g/mol. The Hall–Kier alpha value is -1.62. The summed E-state index contributed by atoms with van der Waals surface area (Å²) in [5.41, 5.74) is 1.54. The Balaban J connectivity index is 2.56. The van der Waals surface area contributed by atoms with Gasteiger partial charge in [-0.05, 0) is 42.3 Å². The van der Waals surface area contributed by atoms with Crippen molar-refractivity contribution in [3.8, 4) is 11.5 Å². The first kappa shape index (κ1) is 15.8. The molecule has 5 heteroatoms. The van der Waals surface area contributed by atoms with E-state index in [4.69, 9.17) is 9.47 Å². The molecule has 21 heavy (non-hydrogen) atoms. The topological polar surface area (TPSA) is 18.5 Å². The van der Waals surface area contributed by atoms with Crippen LogP contribution in [-0.4, -0.2) is 14.2 Å². The largest absolute Gasteiger partial charge is 0.493 e. The second-order valence-corrected chi connectivity index (χ2v) is 5.48. The van der Waals surface area contributed by atoms with E-state index in [0.717, 1.165) is 11.1 Å². The summed E-state index contributed by atoms with van der Waals surface area (Å²) in [6.45, 7) is 1.85. The van der Waals surface area contributed by atoms with Crippen molar-refractivity contribution in [3.63, 3.8) is 0 Å². The average Bonchev–Trinajstić information content (AvgIpc) is 2.46. The first-order valence-electron chi connectivity index (χ1n) is 6.30. The second-order valence-electron chi connectivity index (χ2n) is 4.56. The van der Waals surface area contributed by atoms with Crippen LogP contribution >= 0.6 is 15.9 Å². The van der Waals surface area contributed by atoms with Crippen LogP contribution in [0, 0.1) is 18.6 Å². The molecule has 0 fully saturated rings. The van der Waals surface area contributed by atoms with E-state index >= 15 is 0 Å². The van der Waals surface area contributed by atoms with Gasteiger partial charge in [0.05, 0.1) is 19.0 Å². The van der Waals surface area contributed by atoms with Crippen molar-refractivity contribution in [2.45, 2.75) is 11.8 Å². The second kappa shape index (κ2) is 6.43. The van der Waals surface area contributed by atoms with E-state index in [-0.39, 0.29) is 5.56 Å². The van der Waals surface area contributed by atoms with Crippen molar-refractivity contribution in [2.75, 3.05) is 14.2 Å². The van der Waals surface area contributed by atoms with E-state index in [1.165, 1.54) is 25.3 Å². The van der Waals surface area contributed by atoms with Gasteiger partial charge in [0, 0.05) is 5.56 Å². The lowest BCUT2D eigenvalue weighted by Crippen LogP contribution is -2.03. The highest BCUT2D eigenvalue weighted by Crippen LogP contribution is 2.40. The number of aryl methyl sites for hydroxylation is 1. The zero-order chi connectivity index (χ0) is 15.6. The molecule has 2 aromatic rings. The van der Waals surface area contributed by atoms with E-state index in [2.05, 4.69) is 15.9 Å². The van der Waals surface area contributed by atoms with Crippen LogP contribution in [0.2, 0.25) is 0 Å². The molecule has 0 spiro atoms. The third-order valence-corrected chi connectivity index (χ3v) is 4.25. The predicted molar refractivity (Wildman–Crippen MR) is 81.4 cm³/mol. The number of methoxy groups -OCH3 is 2. The van der Waals surface area contributed by atoms with Gasteiger partial charge in [-0.3, -0.25) is 0 Å². The van der Waals surface area contributed by atoms with Gasteiger partial charge in [-0.2, -0.15) is 0 Å². The Morgan fingerprint density at radius 2 is 1.52 bits per heavy atom. The number of alkyl halides is 1. The third kappa shape index (κ3) is 3.02. The van der Waals surface area contributed by atoms with E-state index in [1.54, 1.807) is 19.2 Å². The highest BCUT2D eigenvalue weighted by molar-refractivity contribution is 9.09. The number of halogens is 3. The number of hydrogen-bond donors (Lipinski definition) is 0. The Morgan fingerprint density at radius 1 is 1.00 bits per heavy atom. The molecule has 0 aliphatic heterocycles. The van der Waals surface area contributed by atoms with E-state index < -0.39 is 16.5 Å². The highest BCUT2D eigenvalue weighted by atomic mass is 79.9. The minimum Gasteiger partial charge on any atom is -0.493 e. The minimum atomic E-state index is -0.612. The molecule has 2 nitrogen and oxygen atoms in total. The maximum atomic E-state index is 13.9. The molecule has 0 heterocycles. The summed E-state index contributed by atoms with van der Waals surface area (Å²) < 4.78 is 38.3. The van der Waals surface area contributed by atoms with Gasteiger partial charge in [0.15, 0.2) is 11.5 Å². The van der Waals surface area contributed by atoms with Gasteiger partial charge in [0.1, 0.15) is 11.6 Å². The molecule has 1 atom stereocenters. The van der Waals surface area contributed by atoms with E-state index in [9.17, 15) is 8.78 Å². The molecule has 0 saturated heterocycles. The van der Waals surface area contributed by atoms with Crippen molar-refractivity contribution >= 4 is 15.9 Å². The SMILES string of the molecule is COc1cc(C)c(C(Br)c2c(F)cccc2F)cc1OC. The molecule has 0 bridgehead atoms. The van der Waals surface area contributed by atoms with E-state index in [1.807, 2.05) is 6.92 Å². The monoisotopic (exact) mass is 356 g/mol. The van der Waals surface area contributed by atoms with Gasteiger partial charge in [-0.15, -0.1) is 0 Å². The fourth-order valence-corrected chi connectivity index (χ4v) is 3.11. The lowest BCUT2D eigenvalue weighted by Gasteiger charge is -2.18. The molecule has 0 aliphatic carbocycles. The predicted octanol–water partition coefficient (Wildman–Crippen LogP) is 4.77. The fourth-order valence-electron chi connectivity index (χ4n) is 2.18. The summed E-state index contributed by atoms with van der Waals surface area (Å²) in [5.74, 6) is -0.0936. The lowest BCUT2D eigenvalue weighted by atomic mass is 9.99. The molecule has 1 unspecified atom stereocenters. The van der Waals surface area contributed by atoms with Gasteiger partial charge in [-0.25, -0.2) is 8.78 Å². The van der Waals surface area contributed by atoms with Crippen LogP contribution in [0.5, 0.6) is 11.5 Å².